The number of aryl methyl sites for hydroxylation is 1. The van der Waals surface area contributed by atoms with Crippen LogP contribution < -0.4 is 10.6 Å². The van der Waals surface area contributed by atoms with Crippen LogP contribution in [0.1, 0.15) is 22.7 Å². The smallest absolute Gasteiger partial charge is 0.319 e. The molecule has 0 saturated carbocycles. The fourth-order valence-electron chi connectivity index (χ4n) is 2.77. The molecule has 3 N–H and O–H groups in total. The molecule has 0 spiro atoms. The monoisotopic (exact) mass is 316 g/mol. The van der Waals surface area contributed by atoms with E-state index in [9.17, 15) is 9.90 Å². The van der Waals surface area contributed by atoms with E-state index in [0.717, 1.165) is 16.7 Å². The summed E-state index contributed by atoms with van der Waals surface area (Å²) in [6, 6.07) is 12.4. The Morgan fingerprint density at radius 3 is 2.82 bits per heavy atom. The van der Waals surface area contributed by atoms with Gasteiger partial charge >= 0.3 is 6.03 Å². The van der Waals surface area contributed by atoms with Crippen molar-refractivity contribution in [3.63, 3.8) is 0 Å². The topological polar surface area (TPSA) is 61.4 Å². The van der Waals surface area contributed by atoms with Crippen LogP contribution in [0.4, 0.5) is 10.5 Å². The summed E-state index contributed by atoms with van der Waals surface area (Å²) >= 11 is 6.11. The van der Waals surface area contributed by atoms with E-state index >= 15 is 0 Å². The highest BCUT2D eigenvalue weighted by atomic mass is 35.5. The largest absolute Gasteiger partial charge is 0.390 e. The van der Waals surface area contributed by atoms with E-state index in [1.165, 1.54) is 0 Å². The Labute approximate surface area is 134 Å². The molecule has 2 aromatic rings. The number of carbonyl (C=O) groups is 1. The molecule has 0 aliphatic heterocycles. The number of aliphatic hydroxyl groups excluding tert-OH is 1. The van der Waals surface area contributed by atoms with Crippen LogP contribution in [0.15, 0.2) is 42.5 Å². The number of carbonyl (C=O) groups excluding carboxylic acids is 1. The molecule has 2 aromatic carbocycles. The lowest BCUT2D eigenvalue weighted by molar-refractivity contribution is 0.144. The molecule has 3 rings (SSSR count). The van der Waals surface area contributed by atoms with Gasteiger partial charge < -0.3 is 15.7 Å². The first-order chi connectivity index (χ1) is 10.5. The van der Waals surface area contributed by atoms with E-state index < -0.39 is 12.1 Å². The fourth-order valence-corrected chi connectivity index (χ4v) is 3.05. The number of anilines is 1. The highest BCUT2D eigenvalue weighted by Crippen LogP contribution is 2.31. The number of urea groups is 1. The maximum Gasteiger partial charge on any atom is 0.319 e. The molecule has 114 valence electrons. The summed E-state index contributed by atoms with van der Waals surface area (Å²) in [6.45, 7) is 1.93. The Morgan fingerprint density at radius 1 is 1.27 bits per heavy atom. The minimum absolute atomic E-state index is 0.383. The molecule has 1 aliphatic rings. The zero-order chi connectivity index (χ0) is 15.7. The van der Waals surface area contributed by atoms with E-state index in [-0.39, 0.29) is 6.03 Å². The first-order valence-corrected chi connectivity index (χ1v) is 7.52. The molecule has 0 radical (unpaired) electrons. The average Bonchev–Trinajstić information content (AvgIpc) is 2.78. The van der Waals surface area contributed by atoms with Gasteiger partial charge in [0.15, 0.2) is 0 Å². The van der Waals surface area contributed by atoms with Crippen molar-refractivity contribution in [2.45, 2.75) is 25.5 Å². The third kappa shape index (κ3) is 2.93. The predicted octanol–water partition coefficient (Wildman–Crippen LogP) is 3.43. The molecular formula is C17H17ClN2O2. The number of fused-ring (bicyclic) bond motifs is 1. The van der Waals surface area contributed by atoms with Crippen LogP contribution in [0.25, 0.3) is 0 Å². The number of amides is 2. The Bertz CT molecular complexity index is 718. The van der Waals surface area contributed by atoms with Crippen LogP contribution in [-0.2, 0) is 6.42 Å². The molecule has 0 bridgehead atoms. The number of halogens is 1. The normalized spacial score (nSPS) is 19.6. The fraction of sp³-hybridized carbons (Fsp3) is 0.235. The van der Waals surface area contributed by atoms with Gasteiger partial charge in [0.2, 0.25) is 0 Å². The van der Waals surface area contributed by atoms with Crippen molar-refractivity contribution in [3.8, 4) is 0 Å². The second-order valence-corrected chi connectivity index (χ2v) is 5.94. The van der Waals surface area contributed by atoms with Gasteiger partial charge in [0.1, 0.15) is 0 Å². The highest BCUT2D eigenvalue weighted by Gasteiger charge is 2.31. The molecule has 0 heterocycles. The first-order valence-electron chi connectivity index (χ1n) is 7.14. The maximum atomic E-state index is 12.2. The molecule has 0 aromatic heterocycles. The predicted molar refractivity (Wildman–Crippen MR) is 87.2 cm³/mol. The third-order valence-corrected chi connectivity index (χ3v) is 4.18. The van der Waals surface area contributed by atoms with Gasteiger partial charge in [0, 0.05) is 6.42 Å². The quantitative estimate of drug-likeness (QED) is 0.795. The minimum Gasteiger partial charge on any atom is -0.390 e. The summed E-state index contributed by atoms with van der Waals surface area (Å²) in [6.07, 6.45) is -0.0662. The standard InChI is InChI=1S/C17H17ClN2O2/c1-10-6-7-14(13(18)8-10)19-17(22)20-16-12-5-3-2-4-11(12)9-15(16)21/h2-8,15-16,21H,9H2,1H3,(H2,19,20,22)/t15-,16+/m1/s1. The Morgan fingerprint density at radius 2 is 2.05 bits per heavy atom. The zero-order valence-electron chi connectivity index (χ0n) is 12.1. The average molecular weight is 317 g/mol. The molecule has 2 atom stereocenters. The number of hydrogen-bond acceptors (Lipinski definition) is 2. The Balaban J connectivity index is 1.72. The number of nitrogens with one attached hydrogen (secondary N) is 2. The van der Waals surface area contributed by atoms with E-state index in [1.807, 2.05) is 37.3 Å². The molecule has 0 fully saturated rings. The number of hydrogen-bond donors (Lipinski definition) is 3. The first kappa shape index (κ1) is 14.9. The van der Waals surface area contributed by atoms with Gasteiger partial charge in [-0.05, 0) is 35.7 Å². The van der Waals surface area contributed by atoms with Crippen molar-refractivity contribution in [2.24, 2.45) is 0 Å². The zero-order valence-corrected chi connectivity index (χ0v) is 12.9. The summed E-state index contributed by atoms with van der Waals surface area (Å²) in [5.74, 6) is 0. The van der Waals surface area contributed by atoms with E-state index in [4.69, 9.17) is 11.6 Å². The van der Waals surface area contributed by atoms with Crippen molar-refractivity contribution >= 4 is 23.3 Å². The molecule has 22 heavy (non-hydrogen) atoms. The summed E-state index contributed by atoms with van der Waals surface area (Å²) in [4.78, 5) is 12.2. The lowest BCUT2D eigenvalue weighted by Crippen LogP contribution is -2.36. The van der Waals surface area contributed by atoms with Crippen LogP contribution in [0.3, 0.4) is 0 Å². The molecule has 4 nitrogen and oxygen atoms in total. The van der Waals surface area contributed by atoms with Crippen LogP contribution in [0, 0.1) is 6.92 Å². The summed E-state index contributed by atoms with van der Waals surface area (Å²) in [5.41, 5.74) is 3.59. The van der Waals surface area contributed by atoms with Gasteiger partial charge in [-0.2, -0.15) is 0 Å². The van der Waals surface area contributed by atoms with Crippen LogP contribution in [0.2, 0.25) is 5.02 Å². The second-order valence-electron chi connectivity index (χ2n) is 5.53. The van der Waals surface area contributed by atoms with Gasteiger partial charge in [0.25, 0.3) is 0 Å². The third-order valence-electron chi connectivity index (χ3n) is 3.86. The lowest BCUT2D eigenvalue weighted by atomic mass is 10.1. The van der Waals surface area contributed by atoms with Crippen LogP contribution in [0.5, 0.6) is 0 Å². The van der Waals surface area contributed by atoms with Crippen molar-refractivity contribution in [3.05, 3.63) is 64.2 Å². The SMILES string of the molecule is Cc1ccc(NC(=O)N[C@H]2c3ccccc3C[C@H]2O)c(Cl)c1. The number of benzene rings is 2. The van der Waals surface area contributed by atoms with Gasteiger partial charge in [-0.15, -0.1) is 0 Å². The minimum atomic E-state index is -0.614. The van der Waals surface area contributed by atoms with E-state index in [1.54, 1.807) is 12.1 Å². The van der Waals surface area contributed by atoms with Crippen LogP contribution >= 0.6 is 11.6 Å². The molecule has 0 saturated heterocycles. The Kier molecular flexibility index (Phi) is 4.05. The summed E-state index contributed by atoms with van der Waals surface area (Å²) < 4.78 is 0. The lowest BCUT2D eigenvalue weighted by Gasteiger charge is -2.18. The summed E-state index contributed by atoms with van der Waals surface area (Å²) in [7, 11) is 0. The Hall–Kier alpha value is -2.04. The maximum absolute atomic E-state index is 12.2. The van der Waals surface area contributed by atoms with Crippen molar-refractivity contribution in [2.75, 3.05) is 5.32 Å². The van der Waals surface area contributed by atoms with Crippen LogP contribution in [-0.4, -0.2) is 17.2 Å². The molecular weight excluding hydrogens is 300 g/mol. The van der Waals surface area contributed by atoms with Crippen molar-refractivity contribution in [1.82, 2.24) is 5.32 Å². The van der Waals surface area contributed by atoms with E-state index in [0.29, 0.717) is 17.1 Å². The van der Waals surface area contributed by atoms with Crippen molar-refractivity contribution < 1.29 is 9.90 Å². The summed E-state index contributed by atoms with van der Waals surface area (Å²) in [5, 5.41) is 16.2. The molecule has 5 heteroatoms. The van der Waals surface area contributed by atoms with E-state index in [2.05, 4.69) is 10.6 Å². The highest BCUT2D eigenvalue weighted by molar-refractivity contribution is 6.33. The number of aliphatic hydroxyl groups is 1. The van der Waals surface area contributed by atoms with Gasteiger partial charge in [-0.1, -0.05) is 41.9 Å². The van der Waals surface area contributed by atoms with Gasteiger partial charge in [-0.3, -0.25) is 0 Å². The molecule has 2 amide bonds. The molecule has 0 unspecified atom stereocenters. The molecule has 1 aliphatic carbocycles. The van der Waals surface area contributed by atoms with Gasteiger partial charge in [-0.25, -0.2) is 4.79 Å². The van der Waals surface area contributed by atoms with Gasteiger partial charge in [0.05, 0.1) is 22.9 Å². The second kappa shape index (κ2) is 5.99. The number of rotatable bonds is 2. The van der Waals surface area contributed by atoms with Crippen molar-refractivity contribution in [1.29, 1.82) is 0 Å².